The van der Waals surface area contributed by atoms with Crippen LogP contribution in [0.5, 0.6) is 0 Å². The minimum absolute atomic E-state index is 0.159. The normalized spacial score (nSPS) is 26.1. The minimum Gasteiger partial charge on any atom is -0.374 e. The number of aryl methyl sites for hydroxylation is 1. The number of likely N-dealkylation sites (tertiary alicyclic amines) is 1. The largest absolute Gasteiger partial charge is 0.374 e. The molecule has 1 spiro atoms. The Morgan fingerprint density at radius 1 is 1.09 bits per heavy atom. The lowest BCUT2D eigenvalue weighted by molar-refractivity contribution is 0.221. The molecule has 0 radical (unpaired) electrons. The molecule has 5 heteroatoms. The first-order valence-corrected chi connectivity index (χ1v) is 13.5. The van der Waals surface area contributed by atoms with E-state index in [4.69, 9.17) is 4.98 Å². The quantitative estimate of drug-likeness (QED) is 0.605. The molecule has 3 saturated heterocycles. The van der Waals surface area contributed by atoms with Gasteiger partial charge in [-0.1, -0.05) is 39.0 Å². The van der Waals surface area contributed by atoms with Gasteiger partial charge in [-0.05, 0) is 61.6 Å². The average Bonchev–Trinajstić information content (AvgIpc) is 3.27. The zero-order chi connectivity index (χ0) is 23.5. The maximum atomic E-state index is 4.83. The van der Waals surface area contributed by atoms with Crippen molar-refractivity contribution in [2.45, 2.75) is 58.4 Å². The van der Waals surface area contributed by atoms with Gasteiger partial charge in [0.05, 0.1) is 6.04 Å². The molecule has 4 aliphatic rings. The lowest BCUT2D eigenvalue weighted by atomic mass is 9.80. The van der Waals surface area contributed by atoms with Gasteiger partial charge < -0.3 is 20.9 Å². The SMILES string of the molecule is CC.CCc1ccc2c(c1)NC(c1ccc(C3CNC3)nc1)C=C2N1CCC2(CCCNC2)C1. The maximum absolute atomic E-state index is 4.83. The first kappa shape index (κ1) is 23.4. The van der Waals surface area contributed by atoms with Crippen molar-refractivity contribution >= 4 is 11.4 Å². The Morgan fingerprint density at radius 3 is 2.65 bits per heavy atom. The zero-order valence-electron chi connectivity index (χ0n) is 21.2. The van der Waals surface area contributed by atoms with E-state index in [0.717, 1.165) is 26.1 Å². The van der Waals surface area contributed by atoms with E-state index in [9.17, 15) is 0 Å². The monoisotopic (exact) mass is 459 g/mol. The molecule has 5 nitrogen and oxygen atoms in total. The van der Waals surface area contributed by atoms with Crippen LogP contribution in [0.15, 0.2) is 42.6 Å². The molecule has 2 aromatic rings. The van der Waals surface area contributed by atoms with E-state index in [0.29, 0.717) is 11.3 Å². The second kappa shape index (κ2) is 10.1. The van der Waals surface area contributed by atoms with Gasteiger partial charge in [-0.15, -0.1) is 0 Å². The van der Waals surface area contributed by atoms with Crippen molar-refractivity contribution in [3.8, 4) is 0 Å². The maximum Gasteiger partial charge on any atom is 0.0736 e. The average molecular weight is 460 g/mol. The molecule has 3 N–H and O–H groups in total. The van der Waals surface area contributed by atoms with Gasteiger partial charge >= 0.3 is 0 Å². The van der Waals surface area contributed by atoms with E-state index >= 15 is 0 Å². The predicted octanol–water partition coefficient (Wildman–Crippen LogP) is 4.94. The summed E-state index contributed by atoms with van der Waals surface area (Å²) in [5, 5.41) is 10.8. The van der Waals surface area contributed by atoms with Crippen LogP contribution in [0.1, 0.15) is 74.4 Å². The van der Waals surface area contributed by atoms with Gasteiger partial charge in [-0.3, -0.25) is 4.98 Å². The highest BCUT2D eigenvalue weighted by atomic mass is 15.2. The fourth-order valence-electron chi connectivity index (χ4n) is 5.93. The first-order chi connectivity index (χ1) is 16.7. The highest BCUT2D eigenvalue weighted by molar-refractivity contribution is 5.80. The van der Waals surface area contributed by atoms with Gasteiger partial charge in [0.2, 0.25) is 0 Å². The van der Waals surface area contributed by atoms with Crippen LogP contribution in [0.25, 0.3) is 5.70 Å². The molecular weight excluding hydrogens is 418 g/mol. The Balaban J connectivity index is 0.00000117. The lowest BCUT2D eigenvalue weighted by Crippen LogP contribution is -2.41. The van der Waals surface area contributed by atoms with Gasteiger partial charge in [-0.25, -0.2) is 0 Å². The fourth-order valence-corrected chi connectivity index (χ4v) is 5.93. The Kier molecular flexibility index (Phi) is 6.94. The summed E-state index contributed by atoms with van der Waals surface area (Å²) in [5.74, 6) is 0.576. The molecule has 3 fully saturated rings. The summed E-state index contributed by atoms with van der Waals surface area (Å²) in [6.45, 7) is 13.0. The molecule has 1 aromatic heterocycles. The van der Waals surface area contributed by atoms with Crippen LogP contribution >= 0.6 is 0 Å². The molecule has 0 bridgehead atoms. The van der Waals surface area contributed by atoms with Crippen molar-refractivity contribution in [3.05, 3.63) is 65.0 Å². The number of rotatable bonds is 4. The summed E-state index contributed by atoms with van der Waals surface area (Å²) in [6, 6.07) is 11.6. The summed E-state index contributed by atoms with van der Waals surface area (Å²) < 4.78 is 0. The number of fused-ring (bicyclic) bond motifs is 1. The number of aromatic nitrogens is 1. The van der Waals surface area contributed by atoms with E-state index in [-0.39, 0.29) is 6.04 Å². The molecule has 2 unspecified atom stereocenters. The number of piperidine rings is 1. The Bertz CT molecular complexity index is 1000. The van der Waals surface area contributed by atoms with Crippen molar-refractivity contribution in [2.75, 3.05) is 44.6 Å². The van der Waals surface area contributed by atoms with Crippen molar-refractivity contribution in [3.63, 3.8) is 0 Å². The van der Waals surface area contributed by atoms with E-state index in [2.05, 4.69) is 70.4 Å². The van der Waals surface area contributed by atoms with Crippen LogP contribution < -0.4 is 16.0 Å². The fraction of sp³-hybridized carbons (Fsp3) is 0.552. The number of hydrogen-bond acceptors (Lipinski definition) is 5. The minimum atomic E-state index is 0.159. The molecule has 5 heterocycles. The highest BCUT2D eigenvalue weighted by Crippen LogP contribution is 2.44. The first-order valence-electron chi connectivity index (χ1n) is 13.5. The van der Waals surface area contributed by atoms with Crippen molar-refractivity contribution < 1.29 is 0 Å². The van der Waals surface area contributed by atoms with Gasteiger partial charge in [0.15, 0.2) is 0 Å². The van der Waals surface area contributed by atoms with Crippen LogP contribution in [0.3, 0.4) is 0 Å². The second-order valence-corrected chi connectivity index (χ2v) is 10.2. The van der Waals surface area contributed by atoms with E-state index in [1.165, 1.54) is 72.7 Å². The molecule has 0 amide bonds. The summed E-state index contributed by atoms with van der Waals surface area (Å²) >= 11 is 0. The van der Waals surface area contributed by atoms with Crippen molar-refractivity contribution in [2.24, 2.45) is 5.41 Å². The summed E-state index contributed by atoms with van der Waals surface area (Å²) in [6.07, 6.45) is 9.55. The number of nitrogens with zero attached hydrogens (tertiary/aromatic N) is 2. The molecule has 34 heavy (non-hydrogen) atoms. The number of anilines is 1. The van der Waals surface area contributed by atoms with E-state index in [1.54, 1.807) is 0 Å². The topological polar surface area (TPSA) is 52.2 Å². The number of nitrogens with one attached hydrogen (secondary N) is 3. The Morgan fingerprint density at radius 2 is 1.97 bits per heavy atom. The van der Waals surface area contributed by atoms with Crippen LogP contribution in [0, 0.1) is 5.41 Å². The zero-order valence-corrected chi connectivity index (χ0v) is 21.2. The molecule has 0 saturated carbocycles. The molecule has 182 valence electrons. The molecule has 1 aromatic carbocycles. The number of hydrogen-bond donors (Lipinski definition) is 3. The van der Waals surface area contributed by atoms with E-state index in [1.807, 2.05) is 13.8 Å². The summed E-state index contributed by atoms with van der Waals surface area (Å²) in [7, 11) is 0. The van der Waals surface area contributed by atoms with Gasteiger partial charge in [0, 0.05) is 72.9 Å². The van der Waals surface area contributed by atoms with Crippen LogP contribution in [0.2, 0.25) is 0 Å². The third kappa shape index (κ3) is 4.48. The van der Waals surface area contributed by atoms with Gasteiger partial charge in [0.1, 0.15) is 0 Å². The molecule has 0 aliphatic carbocycles. The molecule has 2 atom stereocenters. The summed E-state index contributed by atoms with van der Waals surface area (Å²) in [4.78, 5) is 7.49. The predicted molar refractivity (Wildman–Crippen MR) is 142 cm³/mol. The van der Waals surface area contributed by atoms with Gasteiger partial charge in [0.25, 0.3) is 0 Å². The smallest absolute Gasteiger partial charge is 0.0736 e. The number of benzene rings is 1. The Hall–Kier alpha value is -2.37. The van der Waals surface area contributed by atoms with Gasteiger partial charge in [-0.2, -0.15) is 0 Å². The molecule has 6 rings (SSSR count). The molecule has 4 aliphatic heterocycles. The molecular formula is C29H41N5. The summed E-state index contributed by atoms with van der Waals surface area (Å²) in [5.41, 5.74) is 8.32. The Labute approximate surface area is 205 Å². The lowest BCUT2D eigenvalue weighted by Gasteiger charge is -2.36. The third-order valence-corrected chi connectivity index (χ3v) is 8.11. The highest BCUT2D eigenvalue weighted by Gasteiger charge is 2.40. The van der Waals surface area contributed by atoms with E-state index < -0.39 is 0 Å². The van der Waals surface area contributed by atoms with Crippen molar-refractivity contribution in [1.82, 2.24) is 20.5 Å². The van der Waals surface area contributed by atoms with Crippen LogP contribution in [-0.4, -0.2) is 49.2 Å². The standard InChI is InChI=1S/C27H35N5.C2H6/c1-2-19-4-6-22-25(12-19)31-24(20-5-7-23(30-16-20)21-14-29-15-21)13-26(22)32-11-9-27(18-32)8-3-10-28-17-27;1-2/h4-7,12-13,16,21,24,28-29,31H,2-3,8-11,14-15,17-18H2,1H3;1-2H3. The van der Waals surface area contributed by atoms with Crippen LogP contribution in [-0.2, 0) is 6.42 Å². The number of pyridine rings is 1. The van der Waals surface area contributed by atoms with Crippen molar-refractivity contribution in [1.29, 1.82) is 0 Å². The third-order valence-electron chi connectivity index (χ3n) is 8.11. The second-order valence-electron chi connectivity index (χ2n) is 10.2. The van der Waals surface area contributed by atoms with Crippen LogP contribution in [0.4, 0.5) is 5.69 Å².